The molecule has 1 aliphatic heterocycles. The molecule has 2 N–H and O–H groups in total. The van der Waals surface area contributed by atoms with E-state index in [2.05, 4.69) is 10.6 Å². The third-order valence-electron chi connectivity index (χ3n) is 5.57. The quantitative estimate of drug-likeness (QED) is 0.588. The average Bonchev–Trinajstić information content (AvgIpc) is 2.79. The largest absolute Gasteiger partial charge is 0.494 e. The second-order valence-corrected chi connectivity index (χ2v) is 8.30. The van der Waals surface area contributed by atoms with E-state index in [0.717, 1.165) is 22.6 Å². The molecule has 0 radical (unpaired) electrons. The zero-order valence-electron chi connectivity index (χ0n) is 18.9. The Kier molecular flexibility index (Phi) is 7.87. The Hall–Kier alpha value is -3.35. The van der Waals surface area contributed by atoms with Gasteiger partial charge in [0.25, 0.3) is 5.91 Å². The van der Waals surface area contributed by atoms with Crippen molar-refractivity contribution in [1.29, 1.82) is 0 Å². The van der Waals surface area contributed by atoms with Crippen molar-refractivity contribution in [3.63, 3.8) is 0 Å². The minimum absolute atomic E-state index is 0.0146. The predicted molar refractivity (Wildman–Crippen MR) is 124 cm³/mol. The normalized spacial score (nSPS) is 12.7. The maximum Gasteiger partial charge on any atom is 0.253 e. The molecule has 170 valence electrons. The Labute approximate surface area is 189 Å². The van der Waals surface area contributed by atoms with Crippen molar-refractivity contribution >= 4 is 23.4 Å². The van der Waals surface area contributed by atoms with Crippen molar-refractivity contribution in [2.75, 3.05) is 19.0 Å². The summed E-state index contributed by atoms with van der Waals surface area (Å²) in [5, 5.41) is 5.75. The molecule has 0 unspecified atom stereocenters. The number of carbonyl (C=O) groups excluding carboxylic acids is 3. The van der Waals surface area contributed by atoms with Crippen LogP contribution in [0.1, 0.15) is 54.6 Å². The highest BCUT2D eigenvalue weighted by Gasteiger charge is 2.15. The van der Waals surface area contributed by atoms with E-state index in [4.69, 9.17) is 4.74 Å². The van der Waals surface area contributed by atoms with Crippen LogP contribution >= 0.6 is 0 Å². The van der Waals surface area contributed by atoms with Gasteiger partial charge in [-0.2, -0.15) is 0 Å². The third kappa shape index (κ3) is 6.33. The van der Waals surface area contributed by atoms with E-state index in [-0.39, 0.29) is 23.8 Å². The number of hydrogen-bond acceptors (Lipinski definition) is 4. The number of aryl methyl sites for hydroxylation is 1. The molecular weight excluding hydrogens is 406 g/mol. The fourth-order valence-electron chi connectivity index (χ4n) is 3.36. The van der Waals surface area contributed by atoms with Crippen LogP contribution in [0.4, 0.5) is 5.69 Å². The number of ether oxygens (including phenoxy) is 1. The van der Waals surface area contributed by atoms with E-state index < -0.39 is 0 Å². The van der Waals surface area contributed by atoms with Gasteiger partial charge < -0.3 is 20.3 Å². The van der Waals surface area contributed by atoms with Crippen molar-refractivity contribution in [2.45, 2.75) is 52.1 Å². The van der Waals surface area contributed by atoms with E-state index >= 15 is 0 Å². The Morgan fingerprint density at radius 2 is 1.88 bits per heavy atom. The molecule has 1 heterocycles. The monoisotopic (exact) mass is 437 g/mol. The number of rotatable bonds is 9. The lowest BCUT2D eigenvalue weighted by molar-refractivity contribution is -0.121. The Bertz CT molecular complexity index is 970. The summed E-state index contributed by atoms with van der Waals surface area (Å²) in [6, 6.07) is 13.1. The summed E-state index contributed by atoms with van der Waals surface area (Å²) in [5.41, 5.74) is 3.50. The Morgan fingerprint density at radius 1 is 1.12 bits per heavy atom. The first-order valence-electron chi connectivity index (χ1n) is 11.0. The molecule has 0 aromatic heterocycles. The highest BCUT2D eigenvalue weighted by molar-refractivity contribution is 5.94. The summed E-state index contributed by atoms with van der Waals surface area (Å²) in [5.74, 6) is 0.735. The lowest BCUT2D eigenvalue weighted by Gasteiger charge is -2.21. The smallest absolute Gasteiger partial charge is 0.253 e. The zero-order valence-corrected chi connectivity index (χ0v) is 18.9. The standard InChI is InChI=1S/C25H31N3O4/c1-17(2)28(3)25(31)19-8-6-18(7-9-19)16-26-23(29)5-4-14-32-21-11-12-22-20(15-21)10-13-24(30)27-22/h6-9,11-12,15,17H,4-5,10,13-14,16H2,1-3H3,(H,26,29)(H,27,30). The van der Waals surface area contributed by atoms with E-state index in [1.165, 1.54) is 0 Å². The Morgan fingerprint density at radius 3 is 2.59 bits per heavy atom. The first kappa shape index (κ1) is 23.3. The van der Waals surface area contributed by atoms with Gasteiger partial charge in [-0.15, -0.1) is 0 Å². The maximum atomic E-state index is 12.3. The fraction of sp³-hybridized carbons (Fsp3) is 0.400. The fourth-order valence-corrected chi connectivity index (χ4v) is 3.36. The molecule has 7 nitrogen and oxygen atoms in total. The predicted octanol–water partition coefficient (Wildman–Crippen LogP) is 3.53. The van der Waals surface area contributed by atoms with Gasteiger partial charge in [0.15, 0.2) is 0 Å². The lowest BCUT2D eigenvalue weighted by atomic mass is 10.0. The molecule has 32 heavy (non-hydrogen) atoms. The summed E-state index contributed by atoms with van der Waals surface area (Å²) in [7, 11) is 1.79. The summed E-state index contributed by atoms with van der Waals surface area (Å²) in [6.45, 7) is 4.81. The van der Waals surface area contributed by atoms with Crippen LogP contribution in [0.25, 0.3) is 0 Å². The van der Waals surface area contributed by atoms with Crippen molar-refractivity contribution in [1.82, 2.24) is 10.2 Å². The summed E-state index contributed by atoms with van der Waals surface area (Å²) in [4.78, 5) is 37.6. The van der Waals surface area contributed by atoms with Crippen LogP contribution in [0.5, 0.6) is 5.75 Å². The molecule has 0 fully saturated rings. The second-order valence-electron chi connectivity index (χ2n) is 8.30. The van der Waals surface area contributed by atoms with Gasteiger partial charge >= 0.3 is 0 Å². The molecule has 1 aliphatic rings. The molecule has 3 amide bonds. The van der Waals surface area contributed by atoms with Crippen LogP contribution in [0.2, 0.25) is 0 Å². The maximum absolute atomic E-state index is 12.3. The number of nitrogens with one attached hydrogen (secondary N) is 2. The number of fused-ring (bicyclic) bond motifs is 1. The van der Waals surface area contributed by atoms with Crippen molar-refractivity contribution in [3.8, 4) is 5.75 Å². The topological polar surface area (TPSA) is 87.7 Å². The van der Waals surface area contributed by atoms with Crippen LogP contribution in [0.15, 0.2) is 42.5 Å². The molecule has 2 aromatic carbocycles. The molecule has 7 heteroatoms. The average molecular weight is 438 g/mol. The lowest BCUT2D eigenvalue weighted by Crippen LogP contribution is -2.32. The van der Waals surface area contributed by atoms with Gasteiger partial charge in [0.2, 0.25) is 11.8 Å². The number of nitrogens with zero attached hydrogens (tertiary/aromatic N) is 1. The van der Waals surface area contributed by atoms with Crippen molar-refractivity contribution in [3.05, 3.63) is 59.2 Å². The van der Waals surface area contributed by atoms with Gasteiger partial charge in [-0.1, -0.05) is 12.1 Å². The molecule has 0 saturated heterocycles. The van der Waals surface area contributed by atoms with Gasteiger partial charge in [0, 0.05) is 43.7 Å². The number of carbonyl (C=O) groups is 3. The number of benzene rings is 2. The molecular formula is C25H31N3O4. The molecule has 2 aromatic rings. The van der Waals surface area contributed by atoms with Crippen LogP contribution in [-0.2, 0) is 22.6 Å². The van der Waals surface area contributed by atoms with Crippen molar-refractivity contribution < 1.29 is 19.1 Å². The van der Waals surface area contributed by atoms with Gasteiger partial charge in [0.05, 0.1) is 6.61 Å². The van der Waals surface area contributed by atoms with E-state index in [1.807, 2.05) is 44.2 Å². The number of hydrogen-bond donors (Lipinski definition) is 2. The molecule has 0 bridgehead atoms. The number of amides is 3. The highest BCUT2D eigenvalue weighted by Crippen LogP contribution is 2.26. The minimum Gasteiger partial charge on any atom is -0.494 e. The first-order valence-corrected chi connectivity index (χ1v) is 11.0. The highest BCUT2D eigenvalue weighted by atomic mass is 16.5. The van der Waals surface area contributed by atoms with Crippen molar-refractivity contribution in [2.24, 2.45) is 0 Å². The van der Waals surface area contributed by atoms with Crippen LogP contribution in [0.3, 0.4) is 0 Å². The minimum atomic E-state index is -0.0403. The van der Waals surface area contributed by atoms with E-state index in [1.54, 1.807) is 24.1 Å². The number of anilines is 1. The molecule has 3 rings (SSSR count). The van der Waals surface area contributed by atoms with Gasteiger partial charge in [-0.3, -0.25) is 14.4 Å². The van der Waals surface area contributed by atoms with Crippen LogP contribution in [0, 0.1) is 0 Å². The van der Waals surface area contributed by atoms with Gasteiger partial charge in [-0.25, -0.2) is 0 Å². The van der Waals surface area contributed by atoms with E-state index in [9.17, 15) is 14.4 Å². The molecule has 0 aliphatic carbocycles. The first-order chi connectivity index (χ1) is 15.3. The van der Waals surface area contributed by atoms with Gasteiger partial charge in [0.1, 0.15) is 5.75 Å². The summed E-state index contributed by atoms with van der Waals surface area (Å²) < 4.78 is 5.76. The summed E-state index contributed by atoms with van der Waals surface area (Å²) in [6.07, 6.45) is 2.18. The van der Waals surface area contributed by atoms with Crippen LogP contribution in [-0.4, -0.2) is 42.3 Å². The third-order valence-corrected chi connectivity index (χ3v) is 5.57. The molecule has 0 spiro atoms. The van der Waals surface area contributed by atoms with E-state index in [0.29, 0.717) is 44.4 Å². The molecule has 0 atom stereocenters. The summed E-state index contributed by atoms with van der Waals surface area (Å²) >= 11 is 0. The van der Waals surface area contributed by atoms with Crippen LogP contribution < -0.4 is 15.4 Å². The SMILES string of the molecule is CC(C)N(C)C(=O)c1ccc(CNC(=O)CCCOc2ccc3c(c2)CCC(=O)N3)cc1. The Balaban J connectivity index is 1.37. The molecule has 0 saturated carbocycles. The van der Waals surface area contributed by atoms with Gasteiger partial charge in [-0.05, 0) is 68.1 Å². The zero-order chi connectivity index (χ0) is 23.1. The second kappa shape index (κ2) is 10.8.